The Balaban J connectivity index is 2.86. The van der Waals surface area contributed by atoms with Gasteiger partial charge in [0.15, 0.2) is 6.10 Å². The van der Waals surface area contributed by atoms with E-state index < -0.39 is 6.10 Å². The lowest BCUT2D eigenvalue weighted by atomic mass is 10.0. The van der Waals surface area contributed by atoms with Crippen LogP contribution >= 0.6 is 0 Å². The second kappa shape index (κ2) is 6.60. The number of amides is 1. The molecule has 0 heterocycles. The van der Waals surface area contributed by atoms with Crippen LogP contribution in [-0.2, 0) is 4.79 Å². The van der Waals surface area contributed by atoms with Crippen LogP contribution in [0.25, 0.3) is 0 Å². The number of aryl methyl sites for hydroxylation is 1. The minimum atomic E-state index is -0.485. The Bertz CT molecular complexity index is 438. The smallest absolute Gasteiger partial charge is 0.260 e. The van der Waals surface area contributed by atoms with Crippen LogP contribution in [0.3, 0.4) is 0 Å². The molecule has 0 aliphatic carbocycles. The Kier molecular flexibility index (Phi) is 5.40. The zero-order chi connectivity index (χ0) is 14.6. The molecule has 3 nitrogen and oxygen atoms in total. The Morgan fingerprint density at radius 1 is 1.16 bits per heavy atom. The van der Waals surface area contributed by atoms with Crippen molar-refractivity contribution in [2.45, 2.75) is 59.6 Å². The SMILES string of the molecule is Cc1ccc(C(C)C)c(OC(C)C(=O)NC(C)C)c1. The van der Waals surface area contributed by atoms with Gasteiger partial charge in [0.25, 0.3) is 5.91 Å². The molecule has 1 amide bonds. The van der Waals surface area contributed by atoms with Gasteiger partial charge in [-0.3, -0.25) is 4.79 Å². The van der Waals surface area contributed by atoms with Crippen LogP contribution in [0.2, 0.25) is 0 Å². The summed E-state index contributed by atoms with van der Waals surface area (Å²) in [5.74, 6) is 1.10. The molecule has 0 radical (unpaired) electrons. The topological polar surface area (TPSA) is 38.3 Å². The van der Waals surface area contributed by atoms with Crippen LogP contribution in [0.15, 0.2) is 18.2 Å². The molecule has 1 aromatic rings. The number of carbonyl (C=O) groups is 1. The third-order valence-corrected chi connectivity index (χ3v) is 2.89. The number of rotatable bonds is 5. The lowest BCUT2D eigenvalue weighted by Crippen LogP contribution is -2.40. The summed E-state index contributed by atoms with van der Waals surface area (Å²) in [5.41, 5.74) is 2.27. The number of hydrogen-bond donors (Lipinski definition) is 1. The highest BCUT2D eigenvalue weighted by molar-refractivity contribution is 5.81. The highest BCUT2D eigenvalue weighted by atomic mass is 16.5. The van der Waals surface area contributed by atoms with Gasteiger partial charge in [-0.15, -0.1) is 0 Å². The minimum absolute atomic E-state index is 0.0776. The van der Waals surface area contributed by atoms with Crippen molar-refractivity contribution in [1.29, 1.82) is 0 Å². The van der Waals surface area contributed by atoms with Crippen molar-refractivity contribution in [1.82, 2.24) is 5.32 Å². The van der Waals surface area contributed by atoms with E-state index in [1.54, 1.807) is 6.92 Å². The molecule has 1 aromatic carbocycles. The largest absolute Gasteiger partial charge is 0.481 e. The second-order valence-corrected chi connectivity index (χ2v) is 5.62. The molecular formula is C16H25NO2. The van der Waals surface area contributed by atoms with Gasteiger partial charge in [-0.25, -0.2) is 0 Å². The third kappa shape index (κ3) is 4.58. The summed E-state index contributed by atoms with van der Waals surface area (Å²) in [5, 5.41) is 2.86. The second-order valence-electron chi connectivity index (χ2n) is 5.62. The first kappa shape index (κ1) is 15.5. The summed E-state index contributed by atoms with van der Waals surface area (Å²) in [4.78, 5) is 11.9. The Morgan fingerprint density at radius 3 is 2.32 bits per heavy atom. The molecule has 0 saturated heterocycles. The minimum Gasteiger partial charge on any atom is -0.481 e. The van der Waals surface area contributed by atoms with Gasteiger partial charge in [0, 0.05) is 6.04 Å². The van der Waals surface area contributed by atoms with Crippen LogP contribution in [0, 0.1) is 6.92 Å². The van der Waals surface area contributed by atoms with E-state index in [0.717, 1.165) is 16.9 Å². The van der Waals surface area contributed by atoms with Crippen LogP contribution in [0.5, 0.6) is 5.75 Å². The number of nitrogens with one attached hydrogen (secondary N) is 1. The first-order valence-corrected chi connectivity index (χ1v) is 6.88. The van der Waals surface area contributed by atoms with Gasteiger partial charge < -0.3 is 10.1 Å². The first-order valence-electron chi connectivity index (χ1n) is 6.88. The predicted octanol–water partition coefficient (Wildman–Crippen LogP) is 3.41. The van der Waals surface area contributed by atoms with Gasteiger partial charge in [-0.05, 0) is 50.8 Å². The Hall–Kier alpha value is -1.51. The van der Waals surface area contributed by atoms with Crippen molar-refractivity contribution in [2.75, 3.05) is 0 Å². The molecule has 1 unspecified atom stereocenters. The van der Waals surface area contributed by atoms with E-state index in [2.05, 4.69) is 31.3 Å². The summed E-state index contributed by atoms with van der Waals surface area (Å²) in [6.07, 6.45) is -0.485. The molecule has 0 aliphatic heterocycles. The van der Waals surface area contributed by atoms with Crippen molar-refractivity contribution in [2.24, 2.45) is 0 Å². The van der Waals surface area contributed by atoms with Crippen molar-refractivity contribution in [3.8, 4) is 5.75 Å². The molecule has 0 saturated carbocycles. The fraction of sp³-hybridized carbons (Fsp3) is 0.562. The van der Waals surface area contributed by atoms with Crippen molar-refractivity contribution in [3.05, 3.63) is 29.3 Å². The standard InChI is InChI=1S/C16H25NO2/c1-10(2)14-8-7-12(5)9-15(14)19-13(6)16(18)17-11(3)4/h7-11,13H,1-6H3,(H,17,18). The van der Waals surface area contributed by atoms with Crippen LogP contribution < -0.4 is 10.1 Å². The number of benzene rings is 1. The molecule has 0 bridgehead atoms. The van der Waals surface area contributed by atoms with E-state index >= 15 is 0 Å². The fourth-order valence-electron chi connectivity index (χ4n) is 1.87. The van der Waals surface area contributed by atoms with Crippen LogP contribution in [0.4, 0.5) is 0 Å². The van der Waals surface area contributed by atoms with E-state index in [-0.39, 0.29) is 11.9 Å². The maximum atomic E-state index is 11.9. The highest BCUT2D eigenvalue weighted by Crippen LogP contribution is 2.28. The average Bonchev–Trinajstić information content (AvgIpc) is 2.27. The molecule has 1 N–H and O–H groups in total. The fourth-order valence-corrected chi connectivity index (χ4v) is 1.87. The summed E-state index contributed by atoms with van der Waals surface area (Å²) in [6, 6.07) is 6.26. The number of hydrogen-bond acceptors (Lipinski definition) is 2. The maximum Gasteiger partial charge on any atom is 0.260 e. The maximum absolute atomic E-state index is 11.9. The molecule has 3 heteroatoms. The Labute approximate surface area is 116 Å². The molecule has 1 rings (SSSR count). The molecule has 1 atom stereocenters. The summed E-state index contributed by atoms with van der Waals surface area (Å²) in [6.45, 7) is 11.9. The molecule has 19 heavy (non-hydrogen) atoms. The molecule has 0 aliphatic rings. The Morgan fingerprint density at radius 2 is 1.79 bits per heavy atom. The summed E-state index contributed by atoms with van der Waals surface area (Å²) < 4.78 is 5.84. The summed E-state index contributed by atoms with van der Waals surface area (Å²) >= 11 is 0. The highest BCUT2D eigenvalue weighted by Gasteiger charge is 2.17. The molecule has 0 fully saturated rings. The van der Waals surface area contributed by atoms with Gasteiger partial charge in [0.05, 0.1) is 0 Å². The normalized spacial score (nSPS) is 12.6. The zero-order valence-electron chi connectivity index (χ0n) is 12.8. The van der Waals surface area contributed by atoms with Crippen molar-refractivity contribution >= 4 is 5.91 Å². The van der Waals surface area contributed by atoms with Crippen LogP contribution in [0.1, 0.15) is 51.7 Å². The van der Waals surface area contributed by atoms with Gasteiger partial charge in [0.1, 0.15) is 5.75 Å². The summed E-state index contributed by atoms with van der Waals surface area (Å²) in [7, 11) is 0. The molecule has 0 spiro atoms. The van der Waals surface area contributed by atoms with E-state index in [9.17, 15) is 4.79 Å². The molecular weight excluding hydrogens is 238 g/mol. The number of carbonyl (C=O) groups excluding carboxylic acids is 1. The van der Waals surface area contributed by atoms with E-state index in [1.807, 2.05) is 26.8 Å². The first-order chi connectivity index (χ1) is 8.81. The average molecular weight is 263 g/mol. The van der Waals surface area contributed by atoms with E-state index in [1.165, 1.54) is 0 Å². The number of ether oxygens (including phenoxy) is 1. The van der Waals surface area contributed by atoms with Crippen LogP contribution in [-0.4, -0.2) is 18.1 Å². The van der Waals surface area contributed by atoms with Gasteiger partial charge in [0.2, 0.25) is 0 Å². The zero-order valence-corrected chi connectivity index (χ0v) is 12.8. The quantitative estimate of drug-likeness (QED) is 0.884. The van der Waals surface area contributed by atoms with Crippen molar-refractivity contribution in [3.63, 3.8) is 0 Å². The van der Waals surface area contributed by atoms with E-state index in [0.29, 0.717) is 5.92 Å². The van der Waals surface area contributed by atoms with Gasteiger partial charge in [-0.2, -0.15) is 0 Å². The van der Waals surface area contributed by atoms with Gasteiger partial charge >= 0.3 is 0 Å². The van der Waals surface area contributed by atoms with Crippen molar-refractivity contribution < 1.29 is 9.53 Å². The predicted molar refractivity (Wildman–Crippen MR) is 78.6 cm³/mol. The lowest BCUT2D eigenvalue weighted by Gasteiger charge is -2.20. The third-order valence-electron chi connectivity index (χ3n) is 2.89. The van der Waals surface area contributed by atoms with E-state index in [4.69, 9.17) is 4.74 Å². The molecule has 0 aromatic heterocycles. The lowest BCUT2D eigenvalue weighted by molar-refractivity contribution is -0.127. The van der Waals surface area contributed by atoms with Gasteiger partial charge in [-0.1, -0.05) is 26.0 Å². The molecule has 106 valence electrons. The monoisotopic (exact) mass is 263 g/mol.